The minimum Gasteiger partial charge on any atom is -0.489 e. The minimum atomic E-state index is -0.662. The zero-order valence-corrected chi connectivity index (χ0v) is 13.6. The van der Waals surface area contributed by atoms with Gasteiger partial charge >= 0.3 is 5.97 Å². The molecule has 2 aromatic rings. The van der Waals surface area contributed by atoms with E-state index in [1.165, 1.54) is 5.56 Å². The number of hydrogen-bond donors (Lipinski definition) is 1. The maximum absolute atomic E-state index is 11.0. The summed E-state index contributed by atoms with van der Waals surface area (Å²) in [6, 6.07) is 12.0. The molecule has 0 spiro atoms. The van der Waals surface area contributed by atoms with E-state index in [-0.39, 0.29) is 5.92 Å². The summed E-state index contributed by atoms with van der Waals surface area (Å²) in [5, 5.41) is 9.04. The number of nitrogens with zero attached hydrogens (tertiary/aromatic N) is 2. The van der Waals surface area contributed by atoms with Crippen molar-refractivity contribution in [2.45, 2.75) is 26.0 Å². The topological polar surface area (TPSA) is 62.7 Å². The first-order chi connectivity index (χ1) is 11.7. The normalized spacial score (nSPS) is 16.0. The average molecular weight is 326 g/mol. The van der Waals surface area contributed by atoms with Crippen molar-refractivity contribution in [2.75, 3.05) is 13.1 Å². The highest BCUT2D eigenvalue weighted by atomic mass is 16.5. The van der Waals surface area contributed by atoms with Crippen LogP contribution in [-0.4, -0.2) is 34.0 Å². The number of benzene rings is 1. The Bertz CT molecular complexity index is 650. The lowest BCUT2D eigenvalue weighted by atomic mass is 9.97. The second kappa shape index (κ2) is 7.93. The third-order valence-corrected chi connectivity index (χ3v) is 4.42. The fourth-order valence-corrected chi connectivity index (χ4v) is 2.93. The fourth-order valence-electron chi connectivity index (χ4n) is 2.93. The molecule has 0 aliphatic carbocycles. The lowest BCUT2D eigenvalue weighted by Gasteiger charge is -2.30. The Hall–Kier alpha value is -2.40. The molecule has 0 saturated carbocycles. The number of carboxylic acid groups (broad SMARTS) is 1. The molecule has 5 nitrogen and oxygen atoms in total. The number of rotatable bonds is 6. The summed E-state index contributed by atoms with van der Waals surface area (Å²) in [6.07, 6.45) is 5.00. The zero-order valence-electron chi connectivity index (χ0n) is 13.6. The Morgan fingerprint density at radius 3 is 2.38 bits per heavy atom. The van der Waals surface area contributed by atoms with E-state index in [0.717, 1.165) is 43.8 Å². The summed E-state index contributed by atoms with van der Waals surface area (Å²) in [5.74, 6) is 0.00992. The maximum Gasteiger partial charge on any atom is 0.306 e. The van der Waals surface area contributed by atoms with Crippen LogP contribution in [0.3, 0.4) is 0 Å². The zero-order chi connectivity index (χ0) is 16.8. The van der Waals surface area contributed by atoms with Crippen molar-refractivity contribution in [2.24, 2.45) is 5.92 Å². The minimum absolute atomic E-state index is 0.176. The van der Waals surface area contributed by atoms with Gasteiger partial charge in [0.05, 0.1) is 5.92 Å². The Morgan fingerprint density at radius 1 is 1.08 bits per heavy atom. The number of aromatic nitrogens is 1. The van der Waals surface area contributed by atoms with Gasteiger partial charge < -0.3 is 9.84 Å². The van der Waals surface area contributed by atoms with Crippen LogP contribution in [-0.2, 0) is 17.9 Å². The molecule has 3 rings (SSSR count). The fraction of sp³-hybridized carbons (Fsp3) is 0.368. The first-order valence-corrected chi connectivity index (χ1v) is 8.26. The van der Waals surface area contributed by atoms with Gasteiger partial charge in [0, 0.05) is 18.9 Å². The number of piperidine rings is 1. The lowest BCUT2D eigenvalue weighted by Crippen LogP contribution is -2.35. The monoisotopic (exact) mass is 326 g/mol. The molecule has 1 aliphatic rings. The van der Waals surface area contributed by atoms with E-state index >= 15 is 0 Å². The number of aliphatic carboxylic acids is 1. The van der Waals surface area contributed by atoms with Crippen molar-refractivity contribution >= 4 is 5.97 Å². The summed E-state index contributed by atoms with van der Waals surface area (Å²) in [6.45, 7) is 3.08. The highest BCUT2D eigenvalue weighted by Gasteiger charge is 2.24. The van der Waals surface area contributed by atoms with E-state index in [9.17, 15) is 4.79 Å². The van der Waals surface area contributed by atoms with Crippen LogP contribution in [0.2, 0.25) is 0 Å². The van der Waals surface area contributed by atoms with Crippen LogP contribution >= 0.6 is 0 Å². The van der Waals surface area contributed by atoms with Crippen LogP contribution in [0.25, 0.3) is 0 Å². The number of carboxylic acids is 1. The molecule has 1 saturated heterocycles. The predicted octanol–water partition coefficient (Wildman–Crippen LogP) is 2.96. The van der Waals surface area contributed by atoms with Crippen LogP contribution in [0.15, 0.2) is 48.8 Å². The first kappa shape index (κ1) is 16.5. The predicted molar refractivity (Wildman–Crippen MR) is 90.6 cm³/mol. The summed E-state index contributed by atoms with van der Waals surface area (Å²) in [4.78, 5) is 17.3. The quantitative estimate of drug-likeness (QED) is 0.884. The van der Waals surface area contributed by atoms with E-state index in [1.54, 1.807) is 12.4 Å². The molecule has 0 radical (unpaired) electrons. The lowest BCUT2D eigenvalue weighted by molar-refractivity contribution is -0.143. The Labute approximate surface area is 141 Å². The molecular formula is C19H22N2O3. The van der Waals surface area contributed by atoms with Gasteiger partial charge in [0.25, 0.3) is 0 Å². The molecule has 2 heterocycles. The molecule has 1 aromatic heterocycles. The van der Waals surface area contributed by atoms with Gasteiger partial charge in [0.2, 0.25) is 0 Å². The van der Waals surface area contributed by atoms with E-state index in [2.05, 4.69) is 22.0 Å². The number of ether oxygens (including phenoxy) is 1. The Kier molecular flexibility index (Phi) is 5.43. The van der Waals surface area contributed by atoms with Gasteiger partial charge in [0.15, 0.2) is 0 Å². The molecule has 1 N–H and O–H groups in total. The number of hydrogen-bond acceptors (Lipinski definition) is 4. The second-order valence-corrected chi connectivity index (χ2v) is 6.18. The first-order valence-electron chi connectivity index (χ1n) is 8.26. The molecule has 1 aliphatic heterocycles. The molecule has 1 aromatic carbocycles. The maximum atomic E-state index is 11.0. The van der Waals surface area contributed by atoms with Gasteiger partial charge in [0.1, 0.15) is 12.4 Å². The molecule has 0 amide bonds. The second-order valence-electron chi connectivity index (χ2n) is 6.18. The van der Waals surface area contributed by atoms with Gasteiger partial charge in [-0.1, -0.05) is 12.1 Å². The van der Waals surface area contributed by atoms with E-state index in [0.29, 0.717) is 6.61 Å². The van der Waals surface area contributed by atoms with Crippen LogP contribution in [0.4, 0.5) is 0 Å². The smallest absolute Gasteiger partial charge is 0.306 e. The summed E-state index contributed by atoms with van der Waals surface area (Å²) >= 11 is 0. The molecule has 24 heavy (non-hydrogen) atoms. The largest absolute Gasteiger partial charge is 0.489 e. The standard InChI is InChI=1S/C19H22N2O3/c22-19(23)17-7-11-21(12-8-17)13-15-1-3-18(4-2-15)24-14-16-5-9-20-10-6-16/h1-6,9-10,17H,7-8,11-14H2,(H,22,23). The molecular weight excluding hydrogens is 304 g/mol. The summed E-state index contributed by atoms with van der Waals surface area (Å²) in [5.41, 5.74) is 2.32. The highest BCUT2D eigenvalue weighted by molar-refractivity contribution is 5.70. The highest BCUT2D eigenvalue weighted by Crippen LogP contribution is 2.20. The average Bonchev–Trinajstić information content (AvgIpc) is 2.62. The van der Waals surface area contributed by atoms with Crippen LogP contribution in [0.5, 0.6) is 5.75 Å². The van der Waals surface area contributed by atoms with Crippen molar-refractivity contribution in [1.29, 1.82) is 0 Å². The summed E-state index contributed by atoms with van der Waals surface area (Å²) < 4.78 is 5.77. The molecule has 126 valence electrons. The number of carbonyl (C=O) groups is 1. The van der Waals surface area contributed by atoms with Crippen molar-refractivity contribution in [3.05, 3.63) is 59.9 Å². The van der Waals surface area contributed by atoms with Gasteiger partial charge in [-0.25, -0.2) is 0 Å². The molecule has 0 unspecified atom stereocenters. The van der Waals surface area contributed by atoms with Gasteiger partial charge in [-0.15, -0.1) is 0 Å². The molecule has 1 fully saturated rings. The van der Waals surface area contributed by atoms with Crippen molar-refractivity contribution in [3.63, 3.8) is 0 Å². The van der Waals surface area contributed by atoms with Crippen LogP contribution in [0.1, 0.15) is 24.0 Å². The van der Waals surface area contributed by atoms with Gasteiger partial charge in [-0.2, -0.15) is 0 Å². The van der Waals surface area contributed by atoms with Gasteiger partial charge in [-0.05, 0) is 61.3 Å². The van der Waals surface area contributed by atoms with Gasteiger partial charge in [-0.3, -0.25) is 14.7 Å². The molecule has 0 atom stereocenters. The molecule has 5 heteroatoms. The van der Waals surface area contributed by atoms with Crippen LogP contribution in [0, 0.1) is 5.92 Å². The Balaban J connectivity index is 1.47. The van der Waals surface area contributed by atoms with Crippen molar-refractivity contribution < 1.29 is 14.6 Å². The van der Waals surface area contributed by atoms with Crippen molar-refractivity contribution in [1.82, 2.24) is 9.88 Å². The van der Waals surface area contributed by atoms with Crippen LogP contribution < -0.4 is 4.74 Å². The third-order valence-electron chi connectivity index (χ3n) is 4.42. The van der Waals surface area contributed by atoms with E-state index in [1.807, 2.05) is 24.3 Å². The third kappa shape index (κ3) is 4.55. The van der Waals surface area contributed by atoms with Crippen molar-refractivity contribution in [3.8, 4) is 5.75 Å². The number of pyridine rings is 1. The SMILES string of the molecule is O=C(O)C1CCN(Cc2ccc(OCc3ccncc3)cc2)CC1. The number of likely N-dealkylation sites (tertiary alicyclic amines) is 1. The Morgan fingerprint density at radius 2 is 1.75 bits per heavy atom. The molecule has 0 bridgehead atoms. The van der Waals surface area contributed by atoms with E-state index in [4.69, 9.17) is 9.84 Å². The summed E-state index contributed by atoms with van der Waals surface area (Å²) in [7, 11) is 0. The van der Waals surface area contributed by atoms with E-state index < -0.39 is 5.97 Å².